The monoisotopic (exact) mass is 393 g/mol. The number of thioether (sulfide) groups is 1. The van der Waals surface area contributed by atoms with Gasteiger partial charge in [0, 0.05) is 23.7 Å². The first-order valence-corrected chi connectivity index (χ1v) is 9.37. The summed E-state index contributed by atoms with van der Waals surface area (Å²) in [6, 6.07) is 7.29. The Hall–Kier alpha value is -2.32. The van der Waals surface area contributed by atoms with E-state index in [0.717, 1.165) is 5.56 Å². The van der Waals surface area contributed by atoms with E-state index in [2.05, 4.69) is 27.4 Å². The first-order chi connectivity index (χ1) is 12.5. The first kappa shape index (κ1) is 20.0. The Morgan fingerprint density at radius 1 is 1.23 bits per heavy atom. The van der Waals surface area contributed by atoms with Gasteiger partial charge in [0.25, 0.3) is 0 Å². The van der Waals surface area contributed by atoms with Crippen molar-refractivity contribution in [3.8, 4) is 11.4 Å². The lowest BCUT2D eigenvalue weighted by Crippen LogP contribution is -2.37. The molecule has 1 aromatic carbocycles. The number of benzene rings is 1. The van der Waals surface area contributed by atoms with Crippen molar-refractivity contribution in [1.82, 2.24) is 25.4 Å². The number of rotatable bonds is 9. The van der Waals surface area contributed by atoms with Crippen LogP contribution in [-0.2, 0) is 16.1 Å². The molecule has 2 rings (SSSR count). The van der Waals surface area contributed by atoms with Crippen molar-refractivity contribution in [1.29, 1.82) is 0 Å². The second-order valence-electron chi connectivity index (χ2n) is 5.23. The number of aromatic nitrogens is 3. The molecule has 0 saturated heterocycles. The highest BCUT2D eigenvalue weighted by atomic mass is 35.5. The maximum atomic E-state index is 11.9. The Bertz CT molecular complexity index is 776. The van der Waals surface area contributed by atoms with Gasteiger partial charge in [-0.05, 0) is 31.2 Å². The zero-order valence-electron chi connectivity index (χ0n) is 14.4. The van der Waals surface area contributed by atoms with E-state index in [-0.39, 0.29) is 24.1 Å². The molecular weight excluding hydrogens is 374 g/mol. The van der Waals surface area contributed by atoms with E-state index in [1.807, 2.05) is 23.6 Å². The van der Waals surface area contributed by atoms with Gasteiger partial charge in [-0.15, -0.1) is 16.8 Å². The number of hydrogen-bond acceptors (Lipinski definition) is 5. The van der Waals surface area contributed by atoms with Gasteiger partial charge in [0.2, 0.25) is 11.8 Å². The van der Waals surface area contributed by atoms with Gasteiger partial charge in [0.15, 0.2) is 11.0 Å². The van der Waals surface area contributed by atoms with Crippen LogP contribution >= 0.6 is 23.4 Å². The van der Waals surface area contributed by atoms with Crippen molar-refractivity contribution in [2.45, 2.75) is 18.6 Å². The summed E-state index contributed by atoms with van der Waals surface area (Å²) in [4.78, 5) is 23.3. The molecule has 0 aliphatic rings. The summed E-state index contributed by atoms with van der Waals surface area (Å²) in [6.45, 7) is 6.57. The van der Waals surface area contributed by atoms with Crippen LogP contribution < -0.4 is 10.6 Å². The van der Waals surface area contributed by atoms with Gasteiger partial charge in [-0.3, -0.25) is 14.2 Å². The molecule has 1 aromatic heterocycles. The molecule has 0 fully saturated rings. The molecule has 0 radical (unpaired) electrons. The van der Waals surface area contributed by atoms with Crippen molar-refractivity contribution < 1.29 is 9.59 Å². The molecule has 0 unspecified atom stereocenters. The Balaban J connectivity index is 2.03. The molecule has 26 heavy (non-hydrogen) atoms. The van der Waals surface area contributed by atoms with Crippen LogP contribution in [0.25, 0.3) is 11.4 Å². The van der Waals surface area contributed by atoms with Gasteiger partial charge < -0.3 is 10.6 Å². The summed E-state index contributed by atoms with van der Waals surface area (Å²) in [5.41, 5.74) is 0.872. The smallest absolute Gasteiger partial charge is 0.239 e. The second-order valence-corrected chi connectivity index (χ2v) is 6.61. The fourth-order valence-corrected chi connectivity index (χ4v) is 3.02. The van der Waals surface area contributed by atoms with Crippen molar-refractivity contribution in [3.05, 3.63) is 41.9 Å². The molecule has 0 spiro atoms. The third-order valence-electron chi connectivity index (χ3n) is 3.28. The molecule has 2 aromatic rings. The maximum Gasteiger partial charge on any atom is 0.239 e. The van der Waals surface area contributed by atoms with Crippen molar-refractivity contribution >= 4 is 35.2 Å². The van der Waals surface area contributed by atoms with E-state index in [1.54, 1.807) is 18.2 Å². The molecule has 0 aliphatic heterocycles. The summed E-state index contributed by atoms with van der Waals surface area (Å²) in [5, 5.41) is 14.8. The van der Waals surface area contributed by atoms with Crippen LogP contribution in [-0.4, -0.2) is 45.4 Å². The molecule has 2 amide bonds. The Kier molecular flexibility index (Phi) is 7.68. The molecular formula is C17H20ClN5O2S. The topological polar surface area (TPSA) is 88.9 Å². The number of carbonyl (C=O) groups is 2. The standard InChI is InChI=1S/C17H20ClN5O2S/c1-3-9-23-16(12-5-7-13(18)8-6-12)21-22-17(23)26-11-15(25)20-10-14(24)19-4-2/h3,5-8H,1,4,9-11H2,2H3,(H,19,24)(H,20,25). The lowest BCUT2D eigenvalue weighted by atomic mass is 10.2. The van der Waals surface area contributed by atoms with Crippen LogP contribution in [0.4, 0.5) is 0 Å². The molecule has 7 nitrogen and oxygen atoms in total. The highest BCUT2D eigenvalue weighted by Gasteiger charge is 2.15. The highest BCUT2D eigenvalue weighted by molar-refractivity contribution is 7.99. The van der Waals surface area contributed by atoms with Crippen molar-refractivity contribution in [2.75, 3.05) is 18.8 Å². The van der Waals surface area contributed by atoms with E-state index >= 15 is 0 Å². The fraction of sp³-hybridized carbons (Fsp3) is 0.294. The van der Waals surface area contributed by atoms with Crippen LogP contribution in [0.5, 0.6) is 0 Å². The molecule has 0 atom stereocenters. The van der Waals surface area contributed by atoms with Gasteiger partial charge in [0.1, 0.15) is 0 Å². The van der Waals surface area contributed by atoms with E-state index in [1.165, 1.54) is 11.8 Å². The SMILES string of the molecule is C=CCn1c(SCC(=O)NCC(=O)NCC)nnc1-c1ccc(Cl)cc1. The average Bonchev–Trinajstić information content (AvgIpc) is 3.02. The number of likely N-dealkylation sites (N-methyl/N-ethyl adjacent to an activating group) is 1. The molecule has 9 heteroatoms. The molecule has 0 aliphatic carbocycles. The number of hydrogen-bond donors (Lipinski definition) is 2. The normalized spacial score (nSPS) is 10.4. The van der Waals surface area contributed by atoms with Crippen molar-refractivity contribution in [3.63, 3.8) is 0 Å². The van der Waals surface area contributed by atoms with Gasteiger partial charge in [-0.25, -0.2) is 0 Å². The average molecular weight is 394 g/mol. The quantitative estimate of drug-likeness (QED) is 0.503. The number of amides is 2. The molecule has 1 heterocycles. The van der Waals surface area contributed by atoms with Crippen LogP contribution in [0.3, 0.4) is 0 Å². The molecule has 138 valence electrons. The Morgan fingerprint density at radius 2 is 1.96 bits per heavy atom. The fourth-order valence-electron chi connectivity index (χ4n) is 2.12. The van der Waals surface area contributed by atoms with Crippen molar-refractivity contribution in [2.24, 2.45) is 0 Å². The highest BCUT2D eigenvalue weighted by Crippen LogP contribution is 2.25. The van der Waals surface area contributed by atoms with Crippen LogP contribution in [0.1, 0.15) is 6.92 Å². The summed E-state index contributed by atoms with van der Waals surface area (Å²) in [6.07, 6.45) is 1.74. The Labute approximate surface area is 161 Å². The maximum absolute atomic E-state index is 11.9. The zero-order chi connectivity index (χ0) is 18.9. The zero-order valence-corrected chi connectivity index (χ0v) is 15.9. The lowest BCUT2D eigenvalue weighted by molar-refractivity contribution is -0.124. The first-order valence-electron chi connectivity index (χ1n) is 8.01. The molecule has 0 saturated carbocycles. The van der Waals surface area contributed by atoms with E-state index in [4.69, 9.17) is 11.6 Å². The van der Waals surface area contributed by atoms with Crippen LogP contribution in [0, 0.1) is 0 Å². The van der Waals surface area contributed by atoms with Gasteiger partial charge in [-0.1, -0.05) is 29.4 Å². The van der Waals surface area contributed by atoms with Crippen LogP contribution in [0.15, 0.2) is 42.1 Å². The second kappa shape index (κ2) is 9.98. The molecule has 0 bridgehead atoms. The predicted octanol–water partition coefficient (Wildman–Crippen LogP) is 2.13. The van der Waals surface area contributed by atoms with E-state index in [0.29, 0.717) is 29.1 Å². The number of carbonyl (C=O) groups excluding carboxylic acids is 2. The largest absolute Gasteiger partial charge is 0.355 e. The van der Waals surface area contributed by atoms with Gasteiger partial charge in [-0.2, -0.15) is 0 Å². The van der Waals surface area contributed by atoms with Gasteiger partial charge >= 0.3 is 0 Å². The number of allylic oxidation sites excluding steroid dienone is 1. The van der Waals surface area contributed by atoms with E-state index < -0.39 is 0 Å². The predicted molar refractivity (Wildman–Crippen MR) is 103 cm³/mol. The third-order valence-corrected chi connectivity index (χ3v) is 4.50. The summed E-state index contributed by atoms with van der Waals surface area (Å²) in [7, 11) is 0. The number of nitrogens with one attached hydrogen (secondary N) is 2. The Morgan fingerprint density at radius 3 is 2.62 bits per heavy atom. The number of halogens is 1. The third kappa shape index (κ3) is 5.60. The summed E-state index contributed by atoms with van der Waals surface area (Å²) in [5.74, 6) is 0.343. The summed E-state index contributed by atoms with van der Waals surface area (Å²) < 4.78 is 1.87. The van der Waals surface area contributed by atoms with Crippen LogP contribution in [0.2, 0.25) is 5.02 Å². The lowest BCUT2D eigenvalue weighted by Gasteiger charge is -2.08. The van der Waals surface area contributed by atoms with E-state index in [9.17, 15) is 9.59 Å². The number of nitrogens with zero attached hydrogens (tertiary/aromatic N) is 3. The summed E-state index contributed by atoms with van der Waals surface area (Å²) >= 11 is 7.18. The minimum absolute atomic E-state index is 0.0391. The minimum atomic E-state index is -0.248. The molecule has 2 N–H and O–H groups in total. The minimum Gasteiger partial charge on any atom is -0.355 e. The van der Waals surface area contributed by atoms with Gasteiger partial charge in [0.05, 0.1) is 12.3 Å².